The Morgan fingerprint density at radius 3 is 2.69 bits per heavy atom. The highest BCUT2D eigenvalue weighted by Crippen LogP contribution is 2.28. The number of rotatable bonds is 3. The molecular formula is C19H14Cl2FN5O2. The minimum atomic E-state index is -0.518. The molecule has 1 N–H and O–H groups in total. The van der Waals surface area contributed by atoms with Crippen LogP contribution in [-0.2, 0) is 4.79 Å². The van der Waals surface area contributed by atoms with E-state index >= 15 is 0 Å². The van der Waals surface area contributed by atoms with Crippen LogP contribution < -0.4 is 5.32 Å². The lowest BCUT2D eigenvalue weighted by molar-refractivity contribution is -0.123. The predicted molar refractivity (Wildman–Crippen MR) is 106 cm³/mol. The molecule has 2 amide bonds. The zero-order chi connectivity index (χ0) is 20.5. The third-order valence-corrected chi connectivity index (χ3v) is 4.81. The fraction of sp³-hybridized carbons (Fsp3) is 0.158. The van der Waals surface area contributed by atoms with Crippen molar-refractivity contribution < 1.29 is 14.0 Å². The Labute approximate surface area is 175 Å². The van der Waals surface area contributed by atoms with Gasteiger partial charge in [0.1, 0.15) is 11.0 Å². The number of pyridine rings is 1. The van der Waals surface area contributed by atoms with E-state index < -0.39 is 11.7 Å². The van der Waals surface area contributed by atoms with Crippen LogP contribution >= 0.6 is 23.2 Å². The van der Waals surface area contributed by atoms with Crippen molar-refractivity contribution in [2.24, 2.45) is 0 Å². The van der Waals surface area contributed by atoms with E-state index in [-0.39, 0.29) is 23.2 Å². The SMILES string of the molecule is O=C1CN(C(=O)c2cc(-c3cc(F)cc(Cl)c3)n(-c3ccc(Cl)nc3)n2)CCN1. The summed E-state index contributed by atoms with van der Waals surface area (Å²) in [5.74, 6) is -1.15. The fourth-order valence-electron chi connectivity index (χ4n) is 3.06. The quantitative estimate of drug-likeness (QED) is 0.643. The summed E-state index contributed by atoms with van der Waals surface area (Å²) in [5, 5.41) is 7.57. The average Bonchev–Trinajstić information content (AvgIpc) is 3.12. The van der Waals surface area contributed by atoms with Gasteiger partial charge in [0.25, 0.3) is 5.91 Å². The number of piperazine rings is 1. The van der Waals surface area contributed by atoms with Crippen molar-refractivity contribution in [3.63, 3.8) is 0 Å². The van der Waals surface area contributed by atoms with Crippen LogP contribution in [0, 0.1) is 5.82 Å². The first-order chi connectivity index (χ1) is 13.9. The molecule has 0 spiro atoms. The van der Waals surface area contributed by atoms with Crippen LogP contribution in [0.4, 0.5) is 4.39 Å². The summed E-state index contributed by atoms with van der Waals surface area (Å²) in [4.78, 5) is 30.0. The van der Waals surface area contributed by atoms with Gasteiger partial charge in [-0.2, -0.15) is 5.10 Å². The number of halogens is 3. The lowest BCUT2D eigenvalue weighted by Crippen LogP contribution is -2.50. The molecule has 1 saturated heterocycles. The zero-order valence-electron chi connectivity index (χ0n) is 14.9. The molecule has 1 aliphatic rings. The molecule has 0 aliphatic carbocycles. The molecule has 1 aliphatic heterocycles. The Kier molecular flexibility index (Phi) is 5.21. The fourth-order valence-corrected chi connectivity index (χ4v) is 3.39. The van der Waals surface area contributed by atoms with Gasteiger partial charge in [0.15, 0.2) is 5.69 Å². The molecule has 10 heteroatoms. The predicted octanol–water partition coefficient (Wildman–Crippen LogP) is 2.95. The van der Waals surface area contributed by atoms with E-state index in [9.17, 15) is 14.0 Å². The highest BCUT2D eigenvalue weighted by molar-refractivity contribution is 6.30. The van der Waals surface area contributed by atoms with E-state index in [0.717, 1.165) is 0 Å². The molecule has 0 atom stereocenters. The van der Waals surface area contributed by atoms with Crippen molar-refractivity contribution in [2.45, 2.75) is 0 Å². The van der Waals surface area contributed by atoms with E-state index in [0.29, 0.717) is 35.2 Å². The van der Waals surface area contributed by atoms with Gasteiger partial charge in [-0.25, -0.2) is 14.1 Å². The normalized spacial score (nSPS) is 14.0. The van der Waals surface area contributed by atoms with Crippen molar-refractivity contribution in [3.05, 3.63) is 64.3 Å². The Morgan fingerprint density at radius 1 is 1.17 bits per heavy atom. The number of benzene rings is 1. The molecule has 148 valence electrons. The third-order valence-electron chi connectivity index (χ3n) is 4.37. The second kappa shape index (κ2) is 7.81. The Balaban J connectivity index is 1.81. The first-order valence-electron chi connectivity index (χ1n) is 8.65. The minimum Gasteiger partial charge on any atom is -0.353 e. The number of aromatic nitrogens is 3. The van der Waals surface area contributed by atoms with Gasteiger partial charge in [-0.05, 0) is 36.4 Å². The first-order valence-corrected chi connectivity index (χ1v) is 9.41. The van der Waals surface area contributed by atoms with Gasteiger partial charge in [0, 0.05) is 23.7 Å². The van der Waals surface area contributed by atoms with Crippen LogP contribution in [0.25, 0.3) is 16.9 Å². The summed E-state index contributed by atoms with van der Waals surface area (Å²) in [5.41, 5.74) is 1.53. The molecule has 1 fully saturated rings. The monoisotopic (exact) mass is 433 g/mol. The number of hydrogen-bond acceptors (Lipinski definition) is 4. The van der Waals surface area contributed by atoms with Gasteiger partial charge >= 0.3 is 0 Å². The summed E-state index contributed by atoms with van der Waals surface area (Å²) in [6, 6.07) is 8.85. The van der Waals surface area contributed by atoms with E-state index in [2.05, 4.69) is 15.4 Å². The van der Waals surface area contributed by atoms with Crippen LogP contribution in [0.5, 0.6) is 0 Å². The molecule has 4 rings (SSSR count). The molecule has 2 aromatic heterocycles. The highest BCUT2D eigenvalue weighted by atomic mass is 35.5. The van der Waals surface area contributed by atoms with Gasteiger partial charge in [-0.15, -0.1) is 0 Å². The maximum atomic E-state index is 13.9. The molecular weight excluding hydrogens is 420 g/mol. The first kappa shape index (κ1) is 19.4. The highest BCUT2D eigenvalue weighted by Gasteiger charge is 2.26. The molecule has 1 aromatic carbocycles. The van der Waals surface area contributed by atoms with E-state index in [1.165, 1.54) is 34.0 Å². The summed E-state index contributed by atoms with van der Waals surface area (Å²) >= 11 is 11.9. The second-order valence-corrected chi connectivity index (χ2v) is 7.22. The van der Waals surface area contributed by atoms with Crippen LogP contribution in [0.1, 0.15) is 10.5 Å². The number of carbonyl (C=O) groups excluding carboxylic acids is 2. The van der Waals surface area contributed by atoms with Gasteiger partial charge in [0.2, 0.25) is 5.91 Å². The Hall–Kier alpha value is -2.97. The van der Waals surface area contributed by atoms with Gasteiger partial charge in [-0.3, -0.25) is 9.59 Å². The van der Waals surface area contributed by atoms with E-state index in [1.807, 2.05) is 0 Å². The van der Waals surface area contributed by atoms with Crippen LogP contribution in [-0.4, -0.2) is 51.1 Å². The van der Waals surface area contributed by atoms with Gasteiger partial charge < -0.3 is 10.2 Å². The topological polar surface area (TPSA) is 80.1 Å². The number of nitrogens with zero attached hydrogens (tertiary/aromatic N) is 4. The molecule has 0 saturated carbocycles. The maximum absolute atomic E-state index is 13.9. The van der Waals surface area contributed by atoms with Crippen molar-refractivity contribution >= 4 is 35.0 Å². The third kappa shape index (κ3) is 4.08. The molecule has 29 heavy (non-hydrogen) atoms. The largest absolute Gasteiger partial charge is 0.353 e. The lowest BCUT2D eigenvalue weighted by atomic mass is 10.1. The second-order valence-electron chi connectivity index (χ2n) is 6.40. The zero-order valence-corrected chi connectivity index (χ0v) is 16.4. The number of nitrogens with one attached hydrogen (secondary N) is 1. The molecule has 0 bridgehead atoms. The van der Waals surface area contributed by atoms with Crippen molar-refractivity contribution in [2.75, 3.05) is 19.6 Å². The molecule has 0 radical (unpaired) electrons. The number of carbonyl (C=O) groups is 2. The van der Waals surface area contributed by atoms with Crippen LogP contribution in [0.3, 0.4) is 0 Å². The molecule has 0 unspecified atom stereocenters. The number of hydrogen-bond donors (Lipinski definition) is 1. The van der Waals surface area contributed by atoms with Gasteiger partial charge in [0.05, 0.1) is 24.1 Å². The van der Waals surface area contributed by atoms with Crippen LogP contribution in [0.2, 0.25) is 10.2 Å². The van der Waals surface area contributed by atoms with E-state index in [4.69, 9.17) is 23.2 Å². The number of amides is 2. The van der Waals surface area contributed by atoms with Crippen molar-refractivity contribution in [3.8, 4) is 16.9 Å². The summed E-state index contributed by atoms with van der Waals surface area (Å²) in [6.07, 6.45) is 1.49. The van der Waals surface area contributed by atoms with Crippen molar-refractivity contribution in [1.82, 2.24) is 25.0 Å². The molecule has 3 aromatic rings. The summed E-state index contributed by atoms with van der Waals surface area (Å²) in [7, 11) is 0. The summed E-state index contributed by atoms with van der Waals surface area (Å²) < 4.78 is 15.4. The van der Waals surface area contributed by atoms with Crippen molar-refractivity contribution in [1.29, 1.82) is 0 Å². The lowest BCUT2D eigenvalue weighted by Gasteiger charge is -2.25. The Bertz CT molecular complexity index is 1080. The minimum absolute atomic E-state index is 0.0463. The average molecular weight is 434 g/mol. The molecule has 7 nitrogen and oxygen atoms in total. The maximum Gasteiger partial charge on any atom is 0.274 e. The standard InChI is InChI=1S/C19H14Cl2FN5O2/c20-12-5-11(6-13(22)7-12)16-8-15(19(29)26-4-3-23-18(28)10-26)25-27(16)14-1-2-17(21)24-9-14/h1-2,5-9H,3-4,10H2,(H,23,28). The smallest absolute Gasteiger partial charge is 0.274 e. The summed E-state index contributed by atoms with van der Waals surface area (Å²) in [6.45, 7) is 0.704. The van der Waals surface area contributed by atoms with Gasteiger partial charge in [-0.1, -0.05) is 23.2 Å². The van der Waals surface area contributed by atoms with E-state index in [1.54, 1.807) is 18.2 Å². The molecule has 3 heterocycles. The van der Waals surface area contributed by atoms with Crippen LogP contribution in [0.15, 0.2) is 42.6 Å². The Morgan fingerprint density at radius 2 is 2.00 bits per heavy atom.